The Hall–Kier alpha value is -2.43. The second-order valence-corrected chi connectivity index (χ2v) is 13.7. The molecule has 1 atom stereocenters. The second kappa shape index (κ2) is 43.7. The first-order valence-electron chi connectivity index (χ1n) is 21.2. The quantitative estimate of drug-likeness (QED) is 0.0394. The smallest absolute Gasteiger partial charge is 0.306 e. The Morgan fingerprint density at radius 2 is 0.882 bits per heavy atom. The predicted octanol–water partition coefficient (Wildman–Crippen LogP) is 14.0. The molecule has 0 aromatic carbocycles. The molecular formula is C47H80O4. The van der Waals surface area contributed by atoms with Crippen LogP contribution < -0.4 is 0 Å². The lowest BCUT2D eigenvalue weighted by Gasteiger charge is -2.15. The Morgan fingerprint density at radius 1 is 0.490 bits per heavy atom. The third kappa shape index (κ3) is 41.9. The Kier molecular flexibility index (Phi) is 41.6. The number of unbranched alkanes of at least 4 members (excludes halogenated alkanes) is 16. The average molecular weight is 709 g/mol. The molecule has 51 heavy (non-hydrogen) atoms. The monoisotopic (exact) mass is 709 g/mol. The number of hydrogen-bond acceptors (Lipinski definition) is 4. The lowest BCUT2D eigenvalue weighted by atomic mass is 10.1. The summed E-state index contributed by atoms with van der Waals surface area (Å²) < 4.78 is 11.1. The number of aliphatic hydroxyl groups is 1. The number of allylic oxidation sites excluding steroid dienone is 14. The first kappa shape index (κ1) is 48.6. The zero-order chi connectivity index (χ0) is 37.0. The van der Waals surface area contributed by atoms with E-state index in [0.29, 0.717) is 13.0 Å². The highest BCUT2D eigenvalue weighted by Crippen LogP contribution is 2.11. The maximum Gasteiger partial charge on any atom is 0.306 e. The molecule has 0 aromatic heterocycles. The van der Waals surface area contributed by atoms with Gasteiger partial charge in [-0.05, 0) is 89.9 Å². The molecule has 0 heterocycles. The van der Waals surface area contributed by atoms with Gasteiger partial charge >= 0.3 is 5.97 Å². The van der Waals surface area contributed by atoms with E-state index in [1.807, 2.05) is 0 Å². The number of hydrogen-bond donors (Lipinski definition) is 1. The van der Waals surface area contributed by atoms with Crippen molar-refractivity contribution in [2.75, 3.05) is 19.8 Å². The summed E-state index contributed by atoms with van der Waals surface area (Å²) in [6, 6.07) is 0. The molecule has 1 unspecified atom stereocenters. The van der Waals surface area contributed by atoms with Crippen LogP contribution in [0.3, 0.4) is 0 Å². The largest absolute Gasteiger partial charge is 0.457 e. The van der Waals surface area contributed by atoms with Gasteiger partial charge in [-0.15, -0.1) is 0 Å². The molecule has 0 radical (unpaired) electrons. The van der Waals surface area contributed by atoms with E-state index in [0.717, 1.165) is 70.6 Å². The molecule has 292 valence electrons. The van der Waals surface area contributed by atoms with Crippen molar-refractivity contribution in [2.24, 2.45) is 0 Å². The average Bonchev–Trinajstić information content (AvgIpc) is 3.14. The van der Waals surface area contributed by atoms with Crippen molar-refractivity contribution in [1.29, 1.82) is 0 Å². The van der Waals surface area contributed by atoms with Crippen LogP contribution in [0.2, 0.25) is 0 Å². The van der Waals surface area contributed by atoms with E-state index in [1.54, 1.807) is 0 Å². The fraction of sp³-hybridized carbons (Fsp3) is 0.681. The molecule has 0 spiro atoms. The number of carbonyl (C=O) groups is 1. The van der Waals surface area contributed by atoms with Gasteiger partial charge in [0.15, 0.2) is 0 Å². The standard InChI is InChI=1S/C47H80O4/c1-3-5-7-9-11-13-15-17-18-19-20-21-22-23-24-25-26-27-28-29-31-33-35-37-39-41-43-50-45-46(44-48)51-47(49)42-40-38-36-34-32-30-16-14-12-10-8-6-4-2/h5,7,11,13-14,16-18,20-21,23-24,26-27,46,48H,3-4,6,8-10,12,15,19,22,25,28-45H2,1-2H3/b7-5-,13-11-,16-14-,18-17-,21-20-,24-23-,27-26-. The number of aliphatic hydroxyl groups excluding tert-OH is 1. The van der Waals surface area contributed by atoms with Gasteiger partial charge < -0.3 is 14.6 Å². The number of esters is 1. The van der Waals surface area contributed by atoms with Crippen LogP contribution in [0.15, 0.2) is 85.1 Å². The van der Waals surface area contributed by atoms with E-state index in [2.05, 4.69) is 98.9 Å². The molecule has 0 aliphatic rings. The number of ether oxygens (including phenoxy) is 2. The molecule has 0 aromatic rings. The van der Waals surface area contributed by atoms with Crippen molar-refractivity contribution < 1.29 is 19.4 Å². The normalized spacial score (nSPS) is 13.2. The Morgan fingerprint density at radius 3 is 1.35 bits per heavy atom. The molecule has 0 amide bonds. The fourth-order valence-electron chi connectivity index (χ4n) is 5.56. The zero-order valence-electron chi connectivity index (χ0n) is 33.3. The summed E-state index contributed by atoms with van der Waals surface area (Å²) >= 11 is 0. The van der Waals surface area contributed by atoms with Gasteiger partial charge in [-0.2, -0.15) is 0 Å². The Bertz CT molecular complexity index is 923. The van der Waals surface area contributed by atoms with Gasteiger partial charge in [0.25, 0.3) is 0 Å². The number of carbonyl (C=O) groups excluding carboxylic acids is 1. The van der Waals surface area contributed by atoms with E-state index in [-0.39, 0.29) is 19.2 Å². The predicted molar refractivity (Wildman–Crippen MR) is 223 cm³/mol. The van der Waals surface area contributed by atoms with Gasteiger partial charge in [0.1, 0.15) is 6.10 Å². The lowest BCUT2D eigenvalue weighted by Crippen LogP contribution is -2.27. The summed E-state index contributed by atoms with van der Waals surface area (Å²) in [5.41, 5.74) is 0. The van der Waals surface area contributed by atoms with Crippen molar-refractivity contribution in [2.45, 2.75) is 187 Å². The minimum atomic E-state index is -0.549. The van der Waals surface area contributed by atoms with Crippen LogP contribution in [0, 0.1) is 0 Å². The van der Waals surface area contributed by atoms with Crippen molar-refractivity contribution in [1.82, 2.24) is 0 Å². The third-order valence-electron chi connectivity index (χ3n) is 8.70. The highest BCUT2D eigenvalue weighted by Gasteiger charge is 2.13. The highest BCUT2D eigenvalue weighted by atomic mass is 16.6. The third-order valence-corrected chi connectivity index (χ3v) is 8.70. The molecule has 0 aliphatic heterocycles. The van der Waals surface area contributed by atoms with Crippen molar-refractivity contribution in [3.05, 3.63) is 85.1 Å². The summed E-state index contributed by atoms with van der Waals surface area (Å²) in [5, 5.41) is 9.58. The van der Waals surface area contributed by atoms with E-state index >= 15 is 0 Å². The molecule has 0 saturated heterocycles. The summed E-state index contributed by atoms with van der Waals surface area (Å²) in [7, 11) is 0. The van der Waals surface area contributed by atoms with Gasteiger partial charge in [-0.3, -0.25) is 4.79 Å². The molecule has 4 heteroatoms. The summed E-state index contributed by atoms with van der Waals surface area (Å²) in [4.78, 5) is 12.2. The van der Waals surface area contributed by atoms with Crippen molar-refractivity contribution in [3.63, 3.8) is 0 Å². The first-order chi connectivity index (χ1) is 25.2. The van der Waals surface area contributed by atoms with Crippen LogP contribution in [0.1, 0.15) is 181 Å². The SMILES string of the molecule is CC/C=C\C/C=C\C/C=C\C/C=C\C/C=C\C/C=C\CCCCCCCCCOCC(CO)OC(=O)CCCCCCC/C=C\CCCCCC. The molecule has 4 nitrogen and oxygen atoms in total. The Balaban J connectivity index is 3.52. The maximum absolute atomic E-state index is 12.2. The molecule has 1 N–H and O–H groups in total. The van der Waals surface area contributed by atoms with Gasteiger partial charge in [-0.1, -0.05) is 170 Å². The molecule has 0 saturated carbocycles. The fourth-order valence-corrected chi connectivity index (χ4v) is 5.56. The van der Waals surface area contributed by atoms with Crippen LogP contribution in [0.4, 0.5) is 0 Å². The molecule has 0 bridgehead atoms. The zero-order valence-corrected chi connectivity index (χ0v) is 33.3. The molecule has 0 rings (SSSR count). The lowest BCUT2D eigenvalue weighted by molar-refractivity contribution is -0.154. The van der Waals surface area contributed by atoms with Gasteiger partial charge in [0, 0.05) is 13.0 Å². The van der Waals surface area contributed by atoms with Crippen LogP contribution in [-0.4, -0.2) is 37.0 Å². The second-order valence-electron chi connectivity index (χ2n) is 13.7. The van der Waals surface area contributed by atoms with Crippen molar-refractivity contribution in [3.8, 4) is 0 Å². The molecule has 0 aliphatic carbocycles. The first-order valence-corrected chi connectivity index (χ1v) is 21.2. The van der Waals surface area contributed by atoms with Crippen LogP contribution in [0.5, 0.6) is 0 Å². The summed E-state index contributed by atoms with van der Waals surface area (Å²) in [5.74, 6) is -0.218. The summed E-state index contributed by atoms with van der Waals surface area (Å²) in [6.45, 7) is 5.17. The summed E-state index contributed by atoms with van der Waals surface area (Å²) in [6.07, 6.45) is 60.7. The van der Waals surface area contributed by atoms with E-state index in [1.165, 1.54) is 89.9 Å². The van der Waals surface area contributed by atoms with E-state index in [4.69, 9.17) is 9.47 Å². The molecular weight excluding hydrogens is 629 g/mol. The number of rotatable bonds is 38. The van der Waals surface area contributed by atoms with Crippen LogP contribution in [-0.2, 0) is 14.3 Å². The topological polar surface area (TPSA) is 55.8 Å². The van der Waals surface area contributed by atoms with Crippen LogP contribution >= 0.6 is 0 Å². The van der Waals surface area contributed by atoms with Gasteiger partial charge in [0.05, 0.1) is 13.2 Å². The minimum absolute atomic E-state index is 0.184. The highest BCUT2D eigenvalue weighted by molar-refractivity contribution is 5.69. The maximum atomic E-state index is 12.2. The van der Waals surface area contributed by atoms with Gasteiger partial charge in [0.2, 0.25) is 0 Å². The van der Waals surface area contributed by atoms with E-state index < -0.39 is 6.10 Å². The van der Waals surface area contributed by atoms with Crippen LogP contribution in [0.25, 0.3) is 0 Å². The van der Waals surface area contributed by atoms with Gasteiger partial charge in [-0.25, -0.2) is 0 Å². The van der Waals surface area contributed by atoms with Crippen molar-refractivity contribution >= 4 is 5.97 Å². The Labute approximate surface area is 316 Å². The minimum Gasteiger partial charge on any atom is -0.457 e. The van der Waals surface area contributed by atoms with E-state index in [9.17, 15) is 9.90 Å². The molecule has 0 fully saturated rings.